The zero-order chi connectivity index (χ0) is 11.1. The van der Waals surface area contributed by atoms with Crippen LogP contribution in [0.25, 0.3) is 0 Å². The standard InChI is InChI=1S/C12H24N2O/c1-9-6-14(7-10(2)15-9)12(3,8-13)11-4-5-11/h9-11H,4-8,13H2,1-3H3. The normalized spacial score (nSPS) is 37.6. The molecule has 0 spiro atoms. The van der Waals surface area contributed by atoms with Crippen LogP contribution in [0.4, 0.5) is 0 Å². The Kier molecular flexibility index (Phi) is 3.06. The van der Waals surface area contributed by atoms with Crippen LogP contribution in [-0.2, 0) is 4.74 Å². The lowest BCUT2D eigenvalue weighted by atomic mass is 9.92. The third kappa shape index (κ3) is 2.19. The van der Waals surface area contributed by atoms with Crippen molar-refractivity contribution in [1.82, 2.24) is 4.90 Å². The van der Waals surface area contributed by atoms with Gasteiger partial charge in [0, 0.05) is 25.2 Å². The van der Waals surface area contributed by atoms with Crippen LogP contribution in [-0.4, -0.2) is 42.3 Å². The van der Waals surface area contributed by atoms with E-state index >= 15 is 0 Å². The quantitative estimate of drug-likeness (QED) is 0.764. The van der Waals surface area contributed by atoms with Crippen LogP contribution >= 0.6 is 0 Å². The van der Waals surface area contributed by atoms with Crippen molar-refractivity contribution < 1.29 is 4.74 Å². The van der Waals surface area contributed by atoms with Gasteiger partial charge in [-0.3, -0.25) is 4.90 Å². The van der Waals surface area contributed by atoms with E-state index in [-0.39, 0.29) is 5.54 Å². The molecule has 3 unspecified atom stereocenters. The van der Waals surface area contributed by atoms with E-state index < -0.39 is 0 Å². The van der Waals surface area contributed by atoms with Crippen molar-refractivity contribution in [2.75, 3.05) is 19.6 Å². The molecule has 0 amide bonds. The number of rotatable bonds is 3. The van der Waals surface area contributed by atoms with E-state index in [2.05, 4.69) is 25.7 Å². The first kappa shape index (κ1) is 11.4. The Morgan fingerprint density at radius 1 is 1.27 bits per heavy atom. The summed E-state index contributed by atoms with van der Waals surface area (Å²) in [7, 11) is 0. The number of hydrogen-bond acceptors (Lipinski definition) is 3. The fourth-order valence-electron chi connectivity index (χ4n) is 2.85. The molecular weight excluding hydrogens is 188 g/mol. The van der Waals surface area contributed by atoms with Crippen molar-refractivity contribution >= 4 is 0 Å². The van der Waals surface area contributed by atoms with Crippen LogP contribution in [0.3, 0.4) is 0 Å². The van der Waals surface area contributed by atoms with E-state index in [9.17, 15) is 0 Å². The molecule has 1 heterocycles. The summed E-state index contributed by atoms with van der Waals surface area (Å²) in [4.78, 5) is 2.56. The third-order valence-corrected chi connectivity index (χ3v) is 4.01. The van der Waals surface area contributed by atoms with E-state index in [0.717, 1.165) is 25.6 Å². The summed E-state index contributed by atoms with van der Waals surface area (Å²) in [5.74, 6) is 0.819. The number of hydrogen-bond donors (Lipinski definition) is 1. The van der Waals surface area contributed by atoms with Gasteiger partial charge in [0.2, 0.25) is 0 Å². The number of nitrogens with two attached hydrogens (primary N) is 1. The van der Waals surface area contributed by atoms with Crippen LogP contribution in [0.15, 0.2) is 0 Å². The summed E-state index contributed by atoms with van der Waals surface area (Å²) in [5.41, 5.74) is 6.20. The highest BCUT2D eigenvalue weighted by atomic mass is 16.5. The van der Waals surface area contributed by atoms with E-state index in [4.69, 9.17) is 10.5 Å². The first-order chi connectivity index (χ1) is 7.06. The first-order valence-electron chi connectivity index (χ1n) is 6.17. The molecule has 0 bridgehead atoms. The molecule has 0 aromatic rings. The molecule has 88 valence electrons. The van der Waals surface area contributed by atoms with Crippen LogP contribution in [0.5, 0.6) is 0 Å². The van der Waals surface area contributed by atoms with Crippen molar-refractivity contribution in [3.8, 4) is 0 Å². The van der Waals surface area contributed by atoms with Crippen LogP contribution in [0.1, 0.15) is 33.6 Å². The molecule has 0 aromatic carbocycles. The molecule has 3 nitrogen and oxygen atoms in total. The smallest absolute Gasteiger partial charge is 0.0678 e. The molecule has 2 fully saturated rings. The van der Waals surface area contributed by atoms with Gasteiger partial charge in [-0.2, -0.15) is 0 Å². The molecule has 0 radical (unpaired) electrons. The molecule has 2 rings (SSSR count). The summed E-state index contributed by atoms with van der Waals surface area (Å²) in [6.45, 7) is 9.49. The Morgan fingerprint density at radius 3 is 2.20 bits per heavy atom. The molecule has 2 aliphatic rings. The Labute approximate surface area is 93.0 Å². The van der Waals surface area contributed by atoms with Crippen molar-refractivity contribution in [2.45, 2.75) is 51.4 Å². The van der Waals surface area contributed by atoms with Gasteiger partial charge in [-0.05, 0) is 39.5 Å². The number of ether oxygens (including phenoxy) is 1. The summed E-state index contributed by atoms with van der Waals surface area (Å²) < 4.78 is 5.77. The SMILES string of the molecule is CC1CN(C(C)(CN)C2CC2)CC(C)O1. The van der Waals surface area contributed by atoms with Gasteiger partial charge in [-0.25, -0.2) is 0 Å². The Bertz CT molecular complexity index is 220. The zero-order valence-electron chi connectivity index (χ0n) is 10.2. The molecule has 15 heavy (non-hydrogen) atoms. The van der Waals surface area contributed by atoms with E-state index in [0.29, 0.717) is 12.2 Å². The molecular formula is C12H24N2O. The van der Waals surface area contributed by atoms with Gasteiger partial charge in [-0.1, -0.05) is 0 Å². The fourth-order valence-corrected chi connectivity index (χ4v) is 2.85. The Balaban J connectivity index is 2.06. The minimum absolute atomic E-state index is 0.215. The van der Waals surface area contributed by atoms with E-state index in [1.165, 1.54) is 12.8 Å². The molecule has 1 aliphatic heterocycles. The number of nitrogens with zero attached hydrogens (tertiary/aromatic N) is 1. The lowest BCUT2D eigenvalue weighted by Crippen LogP contribution is -2.60. The van der Waals surface area contributed by atoms with Gasteiger partial charge in [0.15, 0.2) is 0 Å². The molecule has 2 N–H and O–H groups in total. The average Bonchev–Trinajstić information content (AvgIpc) is 2.98. The van der Waals surface area contributed by atoms with Crippen LogP contribution in [0.2, 0.25) is 0 Å². The van der Waals surface area contributed by atoms with Crippen molar-refractivity contribution in [3.63, 3.8) is 0 Å². The van der Waals surface area contributed by atoms with E-state index in [1.54, 1.807) is 0 Å². The maximum atomic E-state index is 5.99. The summed E-state index contributed by atoms with van der Waals surface area (Å²) in [6.07, 6.45) is 3.40. The van der Waals surface area contributed by atoms with E-state index in [1.807, 2.05) is 0 Å². The summed E-state index contributed by atoms with van der Waals surface area (Å²) >= 11 is 0. The number of morpholine rings is 1. The van der Waals surface area contributed by atoms with Crippen LogP contribution in [0, 0.1) is 5.92 Å². The first-order valence-corrected chi connectivity index (χ1v) is 6.17. The summed E-state index contributed by atoms with van der Waals surface area (Å²) in [5, 5.41) is 0. The highest BCUT2D eigenvalue weighted by molar-refractivity contribution is 5.01. The minimum atomic E-state index is 0.215. The third-order valence-electron chi connectivity index (χ3n) is 4.01. The van der Waals surface area contributed by atoms with Crippen LogP contribution < -0.4 is 5.73 Å². The zero-order valence-corrected chi connectivity index (χ0v) is 10.2. The highest BCUT2D eigenvalue weighted by Gasteiger charge is 2.46. The predicted octanol–water partition coefficient (Wildman–Crippen LogP) is 1.22. The lowest BCUT2D eigenvalue weighted by Gasteiger charge is -2.46. The second-order valence-corrected chi connectivity index (χ2v) is 5.50. The van der Waals surface area contributed by atoms with Gasteiger partial charge >= 0.3 is 0 Å². The van der Waals surface area contributed by atoms with Crippen molar-refractivity contribution in [1.29, 1.82) is 0 Å². The molecule has 1 saturated heterocycles. The second-order valence-electron chi connectivity index (χ2n) is 5.50. The maximum Gasteiger partial charge on any atom is 0.0678 e. The predicted molar refractivity (Wildman–Crippen MR) is 61.8 cm³/mol. The molecule has 3 heteroatoms. The monoisotopic (exact) mass is 212 g/mol. The lowest BCUT2D eigenvalue weighted by molar-refractivity contribution is -0.102. The van der Waals surface area contributed by atoms with Gasteiger partial charge in [-0.15, -0.1) is 0 Å². The minimum Gasteiger partial charge on any atom is -0.373 e. The second kappa shape index (κ2) is 4.04. The van der Waals surface area contributed by atoms with Crippen molar-refractivity contribution in [2.24, 2.45) is 11.7 Å². The highest BCUT2D eigenvalue weighted by Crippen LogP contribution is 2.43. The molecule has 3 atom stereocenters. The van der Waals surface area contributed by atoms with Gasteiger partial charge < -0.3 is 10.5 Å². The van der Waals surface area contributed by atoms with Gasteiger partial charge in [0.25, 0.3) is 0 Å². The molecule has 1 aliphatic carbocycles. The maximum absolute atomic E-state index is 5.99. The topological polar surface area (TPSA) is 38.5 Å². The summed E-state index contributed by atoms with van der Waals surface area (Å²) in [6, 6.07) is 0. The Morgan fingerprint density at radius 2 is 1.80 bits per heavy atom. The largest absolute Gasteiger partial charge is 0.373 e. The van der Waals surface area contributed by atoms with Gasteiger partial charge in [0.05, 0.1) is 12.2 Å². The van der Waals surface area contributed by atoms with Gasteiger partial charge in [0.1, 0.15) is 0 Å². The Hall–Kier alpha value is -0.120. The van der Waals surface area contributed by atoms with Crippen molar-refractivity contribution in [3.05, 3.63) is 0 Å². The fraction of sp³-hybridized carbons (Fsp3) is 1.00. The molecule has 0 aromatic heterocycles. The average molecular weight is 212 g/mol. The molecule has 1 saturated carbocycles.